The van der Waals surface area contributed by atoms with E-state index in [2.05, 4.69) is 12.2 Å². The van der Waals surface area contributed by atoms with Crippen molar-refractivity contribution in [3.63, 3.8) is 0 Å². The topological polar surface area (TPSA) is 89.3 Å². The number of carbonyl (C=O) groups is 3. The molecule has 3 N–H and O–H groups in total. The van der Waals surface area contributed by atoms with Crippen molar-refractivity contribution >= 4 is 28.7 Å². The van der Waals surface area contributed by atoms with Gasteiger partial charge in [0.1, 0.15) is 0 Å². The first-order valence-corrected chi connectivity index (χ1v) is 10.5. The van der Waals surface area contributed by atoms with E-state index < -0.39 is 0 Å². The van der Waals surface area contributed by atoms with Gasteiger partial charge in [-0.25, -0.2) is 0 Å². The highest BCUT2D eigenvalue weighted by Crippen LogP contribution is 2.38. The largest absolute Gasteiger partial charge is 0.398 e. The van der Waals surface area contributed by atoms with Crippen LogP contribution in [0, 0.1) is 0 Å². The molecule has 0 unspecified atom stereocenters. The lowest BCUT2D eigenvalue weighted by Crippen LogP contribution is -2.25. The average molecular weight is 412 g/mol. The molecular weight excluding hydrogens is 388 g/mol. The van der Waals surface area contributed by atoms with Gasteiger partial charge in [0.2, 0.25) is 0 Å². The number of anilines is 2. The van der Waals surface area contributed by atoms with Gasteiger partial charge in [0.05, 0.1) is 16.8 Å². The van der Waals surface area contributed by atoms with Gasteiger partial charge in [-0.05, 0) is 12.5 Å². The molecule has 0 saturated heterocycles. The predicted molar refractivity (Wildman–Crippen MR) is 122 cm³/mol. The molecule has 3 aromatic rings. The maximum atomic E-state index is 13.3. The highest BCUT2D eigenvalue weighted by Gasteiger charge is 2.35. The third kappa shape index (κ3) is 3.63. The normalized spacial score (nSPS) is 12.3. The predicted octanol–water partition coefficient (Wildman–Crippen LogP) is 4.88. The maximum absolute atomic E-state index is 13.3. The van der Waals surface area contributed by atoms with Crippen molar-refractivity contribution in [2.24, 2.45) is 0 Å². The number of hydrogen-bond acceptors (Lipinski definition) is 5. The Kier molecular flexibility index (Phi) is 5.67. The highest BCUT2D eigenvalue weighted by atomic mass is 16.1. The molecular formula is C26H24N2O3. The van der Waals surface area contributed by atoms with E-state index >= 15 is 0 Å². The molecule has 0 aliphatic heterocycles. The van der Waals surface area contributed by atoms with E-state index in [1.54, 1.807) is 54.6 Å². The summed E-state index contributed by atoms with van der Waals surface area (Å²) >= 11 is 0. The molecule has 0 atom stereocenters. The van der Waals surface area contributed by atoms with Gasteiger partial charge in [0.15, 0.2) is 17.3 Å². The minimum absolute atomic E-state index is 0.0517. The van der Waals surface area contributed by atoms with Crippen molar-refractivity contribution in [1.82, 2.24) is 0 Å². The SMILES string of the molecule is CCCCCNc1cc(C(=O)c2ccccc2)c(N)c2c1C(=O)c1ccccc1C2=O. The van der Waals surface area contributed by atoms with E-state index in [1.165, 1.54) is 0 Å². The number of unbranched alkanes of at least 4 members (excludes halogenated alkanes) is 2. The molecule has 31 heavy (non-hydrogen) atoms. The lowest BCUT2D eigenvalue weighted by molar-refractivity contribution is 0.0979. The summed E-state index contributed by atoms with van der Waals surface area (Å²) in [6, 6.07) is 17.1. The Labute approximate surface area is 181 Å². The zero-order chi connectivity index (χ0) is 22.0. The van der Waals surface area contributed by atoms with E-state index in [9.17, 15) is 14.4 Å². The minimum Gasteiger partial charge on any atom is -0.398 e. The number of carbonyl (C=O) groups excluding carboxylic acids is 3. The van der Waals surface area contributed by atoms with Gasteiger partial charge in [-0.1, -0.05) is 74.4 Å². The zero-order valence-corrected chi connectivity index (χ0v) is 17.4. The summed E-state index contributed by atoms with van der Waals surface area (Å²) in [6.45, 7) is 2.74. The summed E-state index contributed by atoms with van der Waals surface area (Å²) in [7, 11) is 0. The smallest absolute Gasteiger partial charge is 0.196 e. The number of fused-ring (bicyclic) bond motifs is 2. The summed E-state index contributed by atoms with van der Waals surface area (Å²) < 4.78 is 0. The Morgan fingerprint density at radius 1 is 0.871 bits per heavy atom. The lowest BCUT2D eigenvalue weighted by atomic mass is 9.80. The number of ketones is 3. The second-order valence-electron chi connectivity index (χ2n) is 7.67. The van der Waals surface area contributed by atoms with E-state index in [0.717, 1.165) is 19.3 Å². The van der Waals surface area contributed by atoms with Crippen molar-refractivity contribution in [1.29, 1.82) is 0 Å². The number of rotatable bonds is 7. The first kappa shape index (κ1) is 20.5. The van der Waals surface area contributed by atoms with Crippen LogP contribution < -0.4 is 11.1 Å². The van der Waals surface area contributed by atoms with Gasteiger partial charge in [-0.3, -0.25) is 14.4 Å². The fourth-order valence-electron chi connectivity index (χ4n) is 3.99. The summed E-state index contributed by atoms with van der Waals surface area (Å²) in [5.74, 6) is -0.868. The number of nitrogen functional groups attached to an aromatic ring is 1. The molecule has 0 heterocycles. The fourth-order valence-corrected chi connectivity index (χ4v) is 3.99. The van der Waals surface area contributed by atoms with Crippen molar-refractivity contribution in [3.05, 3.63) is 94.0 Å². The van der Waals surface area contributed by atoms with Crippen LogP contribution in [0.2, 0.25) is 0 Å². The fraction of sp³-hybridized carbons (Fsp3) is 0.192. The Balaban J connectivity index is 1.89. The molecule has 5 heteroatoms. The molecule has 1 aliphatic rings. The molecule has 0 saturated carbocycles. The van der Waals surface area contributed by atoms with Gasteiger partial charge in [-0.2, -0.15) is 0 Å². The van der Waals surface area contributed by atoms with Crippen LogP contribution in [0.3, 0.4) is 0 Å². The molecule has 5 nitrogen and oxygen atoms in total. The Morgan fingerprint density at radius 2 is 1.48 bits per heavy atom. The highest BCUT2D eigenvalue weighted by molar-refractivity contribution is 6.33. The minimum atomic E-state index is -0.331. The molecule has 0 aromatic heterocycles. The Hall–Kier alpha value is -3.73. The van der Waals surface area contributed by atoms with Gasteiger partial charge in [-0.15, -0.1) is 0 Å². The number of benzene rings is 3. The van der Waals surface area contributed by atoms with Gasteiger partial charge >= 0.3 is 0 Å². The quantitative estimate of drug-likeness (QED) is 0.257. The van der Waals surface area contributed by atoms with Crippen LogP contribution in [0.5, 0.6) is 0 Å². The first-order valence-electron chi connectivity index (χ1n) is 10.5. The van der Waals surface area contributed by atoms with E-state index in [0.29, 0.717) is 28.9 Å². The van der Waals surface area contributed by atoms with Crippen molar-refractivity contribution in [3.8, 4) is 0 Å². The number of hydrogen-bond donors (Lipinski definition) is 2. The van der Waals surface area contributed by atoms with Crippen LogP contribution >= 0.6 is 0 Å². The van der Waals surface area contributed by atoms with E-state index in [4.69, 9.17) is 5.73 Å². The molecule has 0 spiro atoms. The third-order valence-corrected chi connectivity index (χ3v) is 5.61. The molecule has 156 valence electrons. The van der Waals surface area contributed by atoms with Crippen LogP contribution in [-0.4, -0.2) is 23.9 Å². The van der Waals surface area contributed by atoms with Crippen LogP contribution in [0.1, 0.15) is 74.0 Å². The summed E-state index contributed by atoms with van der Waals surface area (Å²) in [4.78, 5) is 39.9. The molecule has 0 fully saturated rings. The molecule has 1 aliphatic carbocycles. The lowest BCUT2D eigenvalue weighted by Gasteiger charge is -2.24. The number of nitrogens with one attached hydrogen (secondary N) is 1. The summed E-state index contributed by atoms with van der Waals surface area (Å²) in [6.07, 6.45) is 3.01. The molecule has 4 rings (SSSR count). The van der Waals surface area contributed by atoms with Gasteiger partial charge < -0.3 is 11.1 Å². The van der Waals surface area contributed by atoms with Crippen molar-refractivity contribution in [2.75, 3.05) is 17.6 Å². The van der Waals surface area contributed by atoms with Crippen LogP contribution in [0.15, 0.2) is 60.7 Å². The Morgan fingerprint density at radius 3 is 2.13 bits per heavy atom. The monoisotopic (exact) mass is 412 g/mol. The standard InChI is InChI=1S/C26H24N2O3/c1-2-3-9-14-28-20-15-19(24(29)16-10-5-4-6-11-16)23(27)22-21(20)25(30)17-12-7-8-13-18(17)26(22)31/h4-8,10-13,15,28H,2-3,9,14,27H2,1H3. The molecule has 0 amide bonds. The molecule has 0 radical (unpaired) electrons. The molecule has 0 bridgehead atoms. The van der Waals surface area contributed by atoms with Gasteiger partial charge in [0.25, 0.3) is 0 Å². The van der Waals surface area contributed by atoms with Gasteiger partial charge in [0, 0.05) is 34.5 Å². The Bertz CT molecular complexity index is 1180. The third-order valence-electron chi connectivity index (χ3n) is 5.61. The van der Waals surface area contributed by atoms with E-state index in [1.807, 2.05) is 6.07 Å². The number of nitrogens with two attached hydrogens (primary N) is 1. The second-order valence-corrected chi connectivity index (χ2v) is 7.67. The summed E-state index contributed by atoms with van der Waals surface area (Å²) in [5, 5.41) is 3.28. The van der Waals surface area contributed by atoms with Crippen LogP contribution in [0.25, 0.3) is 0 Å². The maximum Gasteiger partial charge on any atom is 0.196 e. The molecule has 3 aromatic carbocycles. The summed E-state index contributed by atoms with van der Waals surface area (Å²) in [5.41, 5.74) is 8.64. The second kappa shape index (κ2) is 8.56. The van der Waals surface area contributed by atoms with Crippen molar-refractivity contribution in [2.45, 2.75) is 26.2 Å². The van der Waals surface area contributed by atoms with Crippen LogP contribution in [-0.2, 0) is 0 Å². The van der Waals surface area contributed by atoms with E-state index in [-0.39, 0.29) is 39.7 Å². The first-order chi connectivity index (χ1) is 15.0. The van der Waals surface area contributed by atoms with Crippen molar-refractivity contribution < 1.29 is 14.4 Å². The zero-order valence-electron chi connectivity index (χ0n) is 17.4. The average Bonchev–Trinajstić information content (AvgIpc) is 2.81. The van der Waals surface area contributed by atoms with Crippen LogP contribution in [0.4, 0.5) is 11.4 Å².